The summed E-state index contributed by atoms with van der Waals surface area (Å²) in [5.41, 5.74) is 3.85. The highest BCUT2D eigenvalue weighted by Crippen LogP contribution is 2.27. The molecule has 0 heterocycles. The van der Waals surface area contributed by atoms with E-state index in [9.17, 15) is 14.9 Å². The van der Waals surface area contributed by atoms with Crippen LogP contribution in [0.15, 0.2) is 66.7 Å². The van der Waals surface area contributed by atoms with Gasteiger partial charge in [0, 0.05) is 36.6 Å². The number of carbonyl (C=O) groups excluding carboxylic acids is 1. The molecule has 0 unspecified atom stereocenters. The van der Waals surface area contributed by atoms with E-state index in [-0.39, 0.29) is 16.3 Å². The molecule has 0 saturated heterocycles. The summed E-state index contributed by atoms with van der Waals surface area (Å²) in [5.74, 6) is -0.493. The summed E-state index contributed by atoms with van der Waals surface area (Å²) in [6, 6.07) is 20.0. The van der Waals surface area contributed by atoms with Crippen LogP contribution in [-0.2, 0) is 0 Å². The Morgan fingerprint density at radius 2 is 1.42 bits per heavy atom. The second kappa shape index (κ2) is 13.6. The molecule has 0 aliphatic heterocycles. The van der Waals surface area contributed by atoms with Crippen molar-refractivity contribution in [2.75, 3.05) is 23.3 Å². The molecule has 190 valence electrons. The summed E-state index contributed by atoms with van der Waals surface area (Å²) < 4.78 is 0. The van der Waals surface area contributed by atoms with Crippen LogP contribution in [0.5, 0.6) is 0 Å². The van der Waals surface area contributed by atoms with Crippen molar-refractivity contribution < 1.29 is 9.72 Å². The monoisotopic (exact) mass is 507 g/mol. The van der Waals surface area contributed by atoms with Gasteiger partial charge in [0.25, 0.3) is 11.6 Å². The van der Waals surface area contributed by atoms with E-state index in [1.807, 2.05) is 24.3 Å². The molecule has 0 aromatic heterocycles. The van der Waals surface area contributed by atoms with Gasteiger partial charge in [-0.05, 0) is 54.3 Å². The lowest BCUT2D eigenvalue weighted by atomic mass is 10.0. The van der Waals surface area contributed by atoms with Crippen LogP contribution >= 0.6 is 11.6 Å². The Morgan fingerprint density at radius 1 is 0.861 bits per heavy atom. The summed E-state index contributed by atoms with van der Waals surface area (Å²) in [6.07, 6.45) is 7.35. The second-order valence-electron chi connectivity index (χ2n) is 8.90. The normalized spacial score (nSPS) is 10.8. The first kappa shape index (κ1) is 27.2. The quantitative estimate of drug-likeness (QED) is 0.143. The number of anilines is 2. The van der Waals surface area contributed by atoms with Crippen LogP contribution in [0.3, 0.4) is 0 Å². The van der Waals surface area contributed by atoms with Crippen molar-refractivity contribution in [1.29, 1.82) is 0 Å². The number of halogens is 1. The molecule has 0 saturated carbocycles. The number of nitro groups is 1. The summed E-state index contributed by atoms with van der Waals surface area (Å²) in [4.78, 5) is 25.6. The van der Waals surface area contributed by atoms with Crippen molar-refractivity contribution >= 4 is 34.6 Å². The molecule has 0 fully saturated rings. The zero-order valence-corrected chi connectivity index (χ0v) is 21.8. The van der Waals surface area contributed by atoms with Crippen molar-refractivity contribution in [3.8, 4) is 11.1 Å². The Bertz CT molecular complexity index is 1140. The largest absolute Gasteiger partial charge is 0.372 e. The number of benzene rings is 3. The van der Waals surface area contributed by atoms with Crippen molar-refractivity contribution in [2.45, 2.75) is 52.4 Å². The van der Waals surface area contributed by atoms with Gasteiger partial charge in [-0.2, -0.15) is 0 Å². The van der Waals surface area contributed by atoms with Crippen molar-refractivity contribution in [3.05, 3.63) is 87.4 Å². The molecule has 7 heteroatoms. The molecular weight excluding hydrogens is 474 g/mol. The van der Waals surface area contributed by atoms with Crippen LogP contribution < -0.4 is 10.2 Å². The van der Waals surface area contributed by atoms with Crippen LogP contribution in [0.4, 0.5) is 17.1 Å². The maximum absolute atomic E-state index is 12.6. The third-order valence-electron chi connectivity index (χ3n) is 6.18. The number of nitrogens with one attached hydrogen (secondary N) is 1. The predicted octanol–water partition coefficient (Wildman–Crippen LogP) is 8.35. The molecule has 0 aliphatic rings. The first-order valence-corrected chi connectivity index (χ1v) is 13.0. The van der Waals surface area contributed by atoms with Gasteiger partial charge in [-0.15, -0.1) is 0 Å². The van der Waals surface area contributed by atoms with E-state index in [1.165, 1.54) is 62.4 Å². The molecule has 36 heavy (non-hydrogen) atoms. The van der Waals surface area contributed by atoms with Gasteiger partial charge >= 0.3 is 0 Å². The number of non-ortho nitro benzene ring substituents is 1. The fourth-order valence-corrected chi connectivity index (χ4v) is 4.29. The molecule has 0 atom stereocenters. The van der Waals surface area contributed by atoms with Gasteiger partial charge in [0.15, 0.2) is 0 Å². The average Bonchev–Trinajstić information content (AvgIpc) is 2.88. The fourth-order valence-electron chi connectivity index (χ4n) is 4.09. The molecule has 1 N–H and O–H groups in total. The Labute approximate surface area is 218 Å². The van der Waals surface area contributed by atoms with Crippen LogP contribution in [0.25, 0.3) is 11.1 Å². The molecule has 0 aliphatic carbocycles. The third kappa shape index (κ3) is 7.56. The van der Waals surface area contributed by atoms with E-state index < -0.39 is 10.8 Å². The van der Waals surface area contributed by atoms with E-state index in [2.05, 4.69) is 48.3 Å². The van der Waals surface area contributed by atoms with Crippen LogP contribution in [0.2, 0.25) is 5.02 Å². The number of nitro benzene ring substituents is 1. The topological polar surface area (TPSA) is 75.5 Å². The van der Waals surface area contributed by atoms with E-state index >= 15 is 0 Å². The molecule has 3 rings (SSSR count). The molecule has 0 bridgehead atoms. The first-order valence-electron chi connectivity index (χ1n) is 12.6. The highest BCUT2D eigenvalue weighted by atomic mass is 35.5. The smallest absolute Gasteiger partial charge is 0.270 e. The number of amides is 1. The molecule has 3 aromatic rings. The summed E-state index contributed by atoms with van der Waals surface area (Å²) in [7, 11) is 0. The Hall–Kier alpha value is -3.38. The first-order chi connectivity index (χ1) is 17.4. The third-order valence-corrected chi connectivity index (χ3v) is 6.51. The lowest BCUT2D eigenvalue weighted by molar-refractivity contribution is -0.384. The van der Waals surface area contributed by atoms with Crippen molar-refractivity contribution in [3.63, 3.8) is 0 Å². The lowest BCUT2D eigenvalue weighted by Crippen LogP contribution is -2.25. The fraction of sp³-hybridized carbons (Fsp3) is 0.345. The molecule has 6 nitrogen and oxygen atoms in total. The van der Waals surface area contributed by atoms with E-state index in [0.717, 1.165) is 24.2 Å². The summed E-state index contributed by atoms with van der Waals surface area (Å²) in [6.45, 7) is 6.63. The Morgan fingerprint density at radius 3 is 1.94 bits per heavy atom. The van der Waals surface area contributed by atoms with Gasteiger partial charge in [0.1, 0.15) is 0 Å². The Balaban J connectivity index is 1.68. The van der Waals surface area contributed by atoms with Gasteiger partial charge < -0.3 is 10.2 Å². The van der Waals surface area contributed by atoms with Gasteiger partial charge in [-0.3, -0.25) is 14.9 Å². The second-order valence-corrected chi connectivity index (χ2v) is 9.31. The number of nitrogens with zero attached hydrogens (tertiary/aromatic N) is 2. The average molecular weight is 508 g/mol. The van der Waals surface area contributed by atoms with Crippen LogP contribution in [-0.4, -0.2) is 23.9 Å². The molecule has 0 spiro atoms. The van der Waals surface area contributed by atoms with Crippen molar-refractivity contribution in [2.24, 2.45) is 0 Å². The highest BCUT2D eigenvalue weighted by molar-refractivity contribution is 6.34. The van der Waals surface area contributed by atoms with Crippen LogP contribution in [0.1, 0.15) is 62.7 Å². The highest BCUT2D eigenvalue weighted by Gasteiger charge is 2.16. The van der Waals surface area contributed by atoms with Gasteiger partial charge in [0.2, 0.25) is 0 Å². The number of rotatable bonds is 13. The summed E-state index contributed by atoms with van der Waals surface area (Å²) >= 11 is 6.09. The zero-order valence-electron chi connectivity index (χ0n) is 21.0. The number of carbonyl (C=O) groups is 1. The minimum atomic E-state index is -0.553. The van der Waals surface area contributed by atoms with E-state index in [1.54, 1.807) is 0 Å². The SMILES string of the molecule is CCCCCN(CCCCC)c1ccc(-c2ccc(NC(=O)c3cc([N+](=O)[O-])ccc3Cl)cc2)cc1. The summed E-state index contributed by atoms with van der Waals surface area (Å²) in [5, 5.41) is 13.9. The van der Waals surface area contributed by atoms with Gasteiger partial charge in [0.05, 0.1) is 15.5 Å². The minimum Gasteiger partial charge on any atom is -0.372 e. The van der Waals surface area contributed by atoms with Crippen molar-refractivity contribution in [1.82, 2.24) is 0 Å². The van der Waals surface area contributed by atoms with Crippen LogP contribution in [0, 0.1) is 10.1 Å². The zero-order chi connectivity index (χ0) is 25.9. The number of unbranched alkanes of at least 4 members (excludes halogenated alkanes) is 4. The molecular formula is C29H34ClN3O3. The van der Waals surface area contributed by atoms with Gasteiger partial charge in [-0.1, -0.05) is 75.4 Å². The van der Waals surface area contributed by atoms with E-state index in [0.29, 0.717) is 5.69 Å². The Kier molecular flexibility index (Phi) is 10.3. The van der Waals surface area contributed by atoms with E-state index in [4.69, 9.17) is 11.6 Å². The number of hydrogen-bond acceptors (Lipinski definition) is 4. The molecule has 3 aromatic carbocycles. The molecule has 0 radical (unpaired) electrons. The number of hydrogen-bond donors (Lipinski definition) is 1. The maximum atomic E-state index is 12.6. The molecule has 1 amide bonds. The van der Waals surface area contributed by atoms with Gasteiger partial charge in [-0.25, -0.2) is 0 Å². The minimum absolute atomic E-state index is 0.0629. The predicted molar refractivity (Wildman–Crippen MR) is 149 cm³/mol. The standard InChI is InChI=1S/C29H34ClN3O3/c1-3-5-7-19-32(20-8-6-4-2)25-15-11-23(12-16-25)22-9-13-24(14-10-22)31-29(34)27-21-26(33(35)36)17-18-28(27)30/h9-18,21H,3-8,19-20H2,1-2H3,(H,31,34). The lowest BCUT2D eigenvalue weighted by Gasteiger charge is -2.25. The maximum Gasteiger partial charge on any atom is 0.270 e.